The van der Waals surface area contributed by atoms with Gasteiger partial charge < -0.3 is 30.4 Å². The number of carbonyl (C=O) groups is 4. The van der Waals surface area contributed by atoms with Gasteiger partial charge in [0.25, 0.3) is 0 Å². The van der Waals surface area contributed by atoms with Crippen LogP contribution in [0.5, 0.6) is 0 Å². The minimum absolute atomic E-state index is 0.179. The van der Waals surface area contributed by atoms with Crippen molar-refractivity contribution in [3.8, 4) is 91.9 Å². The predicted octanol–water partition coefficient (Wildman–Crippen LogP) is 15.7. The molecule has 434 valence electrons. The lowest BCUT2D eigenvalue weighted by Crippen LogP contribution is -1.94. The Hall–Kier alpha value is -13.5. The smallest absolute Gasteiger partial charge is 0.335 e. The summed E-state index contributed by atoms with van der Waals surface area (Å²) in [7, 11) is 0. The van der Waals surface area contributed by atoms with E-state index >= 15 is 0 Å². The number of nitrogens with zero attached hydrogens (tertiary/aromatic N) is 2. The number of nitrogens with one attached hydrogen (secondary N) is 2. The number of carboxylic acid groups (broad SMARTS) is 4. The van der Waals surface area contributed by atoms with Gasteiger partial charge in [0.2, 0.25) is 0 Å². The average molecular weight is 1190 g/mol. The Labute approximate surface area is 526 Å². The topological polar surface area (TPSA) is 207 Å². The van der Waals surface area contributed by atoms with E-state index in [0.717, 1.165) is 88.8 Å². The van der Waals surface area contributed by atoms with Crippen LogP contribution in [-0.4, -0.2) is 64.2 Å². The van der Waals surface area contributed by atoms with E-state index in [1.54, 1.807) is 48.5 Å². The molecule has 6 N–H and O–H groups in total. The Morgan fingerprint density at radius 2 is 0.402 bits per heavy atom. The van der Waals surface area contributed by atoms with Gasteiger partial charge in [0.05, 0.1) is 45.0 Å². The predicted molar refractivity (Wildman–Crippen MR) is 358 cm³/mol. The zero-order valence-corrected chi connectivity index (χ0v) is 48.4. The number of aromatic carboxylic acids is 4. The maximum atomic E-state index is 11.5. The quantitative estimate of drug-likeness (QED) is 0.0794. The molecule has 0 fully saturated rings. The highest BCUT2D eigenvalue weighted by molar-refractivity contribution is 6.00. The zero-order chi connectivity index (χ0) is 63.2. The van der Waals surface area contributed by atoms with E-state index in [0.29, 0.717) is 45.0 Å². The number of H-pyrrole nitrogens is 2. The first-order chi connectivity index (χ1) is 44.8. The van der Waals surface area contributed by atoms with Crippen LogP contribution in [-0.2, 0) is 0 Å². The molecule has 0 amide bonds. The fraction of sp³-hybridized carbons (Fsp3) is 0. The van der Waals surface area contributed by atoms with Gasteiger partial charge >= 0.3 is 23.9 Å². The van der Waals surface area contributed by atoms with Crippen molar-refractivity contribution in [3.63, 3.8) is 0 Å². The first kappa shape index (κ1) is 57.5. The summed E-state index contributed by atoms with van der Waals surface area (Å²) in [4.78, 5) is 64.6. The summed E-state index contributed by atoms with van der Waals surface area (Å²) in [5.41, 5.74) is 18.9. The van der Waals surface area contributed by atoms with Crippen molar-refractivity contribution < 1.29 is 39.6 Å². The number of rotatable bonds is 8. The van der Waals surface area contributed by atoms with Crippen LogP contribution < -0.4 is 0 Å². The summed E-state index contributed by atoms with van der Waals surface area (Å²) in [6, 6.07) is 65.6. The molecule has 2 aliphatic heterocycles. The van der Waals surface area contributed by atoms with Crippen LogP contribution in [0.1, 0.15) is 109 Å². The first-order valence-corrected chi connectivity index (χ1v) is 28.8. The van der Waals surface area contributed by atoms with E-state index in [1.807, 2.05) is 146 Å². The lowest BCUT2D eigenvalue weighted by atomic mass is 10.0. The van der Waals surface area contributed by atoms with Gasteiger partial charge in [-0.1, -0.05) is 95.9 Å². The van der Waals surface area contributed by atoms with Crippen LogP contribution in [0.2, 0.25) is 0 Å². The third kappa shape index (κ3) is 12.5. The Morgan fingerprint density at radius 3 is 0.565 bits per heavy atom. The fourth-order valence-corrected chi connectivity index (χ4v) is 10.7. The van der Waals surface area contributed by atoms with E-state index in [2.05, 4.69) is 57.3 Å². The first-order valence-electron chi connectivity index (χ1n) is 28.8. The van der Waals surface area contributed by atoms with Gasteiger partial charge in [0.1, 0.15) is 0 Å². The lowest BCUT2D eigenvalue weighted by molar-refractivity contribution is 0.0686. The molecular formula is C80H46N4O8. The van der Waals surface area contributed by atoms with Gasteiger partial charge in [-0.25, -0.2) is 29.1 Å². The number of hydrogen-bond acceptors (Lipinski definition) is 6. The van der Waals surface area contributed by atoms with E-state index in [4.69, 9.17) is 9.97 Å². The molecule has 13 rings (SSSR count). The van der Waals surface area contributed by atoms with Crippen molar-refractivity contribution >= 4 is 70.2 Å². The van der Waals surface area contributed by atoms with Crippen molar-refractivity contribution in [3.05, 3.63) is 308 Å². The maximum Gasteiger partial charge on any atom is 0.335 e. The highest BCUT2D eigenvalue weighted by Gasteiger charge is 2.20. The van der Waals surface area contributed by atoms with Gasteiger partial charge in [0, 0.05) is 88.8 Å². The summed E-state index contributed by atoms with van der Waals surface area (Å²) in [6.45, 7) is 0. The number of aromatic amines is 2. The third-order valence-corrected chi connectivity index (χ3v) is 15.4. The van der Waals surface area contributed by atoms with Gasteiger partial charge in [-0.2, -0.15) is 0 Å². The Balaban J connectivity index is 1.00. The Bertz CT molecular complexity index is 4680. The monoisotopic (exact) mass is 1190 g/mol. The second-order valence-corrected chi connectivity index (χ2v) is 21.3. The molecule has 0 unspecified atom stereocenters. The molecule has 0 aliphatic carbocycles. The van der Waals surface area contributed by atoms with Crippen LogP contribution in [0.15, 0.2) is 218 Å². The standard InChI is InChI=1S/C80H46N4O8/c85-77(86)61-33-17-53(18-34-61)5-1-49-9-25-57(26-10-49)73-65-41-43-67(81-65)74(58-27-11-50(12-28-58)2-6-54-19-35-62(36-20-54)78(87)88)69-45-47-71(83-69)76(60-31-15-52(16-32-60)4-8-56-23-39-64(40-24-56)80(91)92)72-48-46-70(84-72)75(68-44-42-66(73)82-68)59-29-13-51(14-30-59)3-7-55-21-37-63(38-22-55)79(89)90/h9-48,81,84H,(H,85,86)(H,87,88)(H,89,90)(H,91,92). The van der Waals surface area contributed by atoms with E-state index in [1.165, 1.54) is 48.5 Å². The molecule has 3 aromatic heterocycles. The van der Waals surface area contributed by atoms with Crippen molar-refractivity contribution in [2.24, 2.45) is 0 Å². The second-order valence-electron chi connectivity index (χ2n) is 21.3. The third-order valence-electron chi connectivity index (χ3n) is 15.4. The molecule has 0 saturated heterocycles. The van der Waals surface area contributed by atoms with Gasteiger partial charge in [-0.3, -0.25) is 0 Å². The Kier molecular flexibility index (Phi) is 15.7. The molecule has 92 heavy (non-hydrogen) atoms. The summed E-state index contributed by atoms with van der Waals surface area (Å²) >= 11 is 0. The number of carboxylic acids is 4. The maximum absolute atomic E-state index is 11.5. The van der Waals surface area contributed by atoms with Crippen LogP contribution in [0.4, 0.5) is 0 Å². The summed E-state index contributed by atoms with van der Waals surface area (Å²) in [6.07, 6.45) is 8.05. The lowest BCUT2D eigenvalue weighted by Gasteiger charge is -2.07. The van der Waals surface area contributed by atoms with Crippen molar-refractivity contribution in [1.29, 1.82) is 0 Å². The molecule has 0 radical (unpaired) electrons. The van der Waals surface area contributed by atoms with Crippen molar-refractivity contribution in [2.75, 3.05) is 0 Å². The second kappa shape index (κ2) is 25.1. The van der Waals surface area contributed by atoms with Gasteiger partial charge in [-0.05, 0) is 216 Å². The molecule has 8 bridgehead atoms. The molecule has 12 nitrogen and oxygen atoms in total. The Morgan fingerprint density at radius 1 is 0.239 bits per heavy atom. The van der Waals surface area contributed by atoms with Crippen LogP contribution in [0, 0.1) is 47.4 Å². The largest absolute Gasteiger partial charge is 0.478 e. The molecule has 11 aromatic rings. The number of aromatic nitrogens is 4. The van der Waals surface area contributed by atoms with E-state index < -0.39 is 23.9 Å². The minimum atomic E-state index is -1.01. The van der Waals surface area contributed by atoms with Crippen LogP contribution in [0.25, 0.3) is 90.9 Å². The zero-order valence-electron chi connectivity index (χ0n) is 48.4. The van der Waals surface area contributed by atoms with Gasteiger partial charge in [-0.15, -0.1) is 0 Å². The molecule has 5 heterocycles. The average Bonchev–Trinajstić information content (AvgIpc) is 1.63. The summed E-state index contributed by atoms with van der Waals surface area (Å²) in [5, 5.41) is 37.7. The molecule has 0 spiro atoms. The van der Waals surface area contributed by atoms with Gasteiger partial charge in [0.15, 0.2) is 0 Å². The number of fused-ring (bicyclic) bond motifs is 8. The van der Waals surface area contributed by atoms with Crippen LogP contribution >= 0.6 is 0 Å². The molecule has 2 aliphatic rings. The van der Waals surface area contributed by atoms with Crippen LogP contribution in [0.3, 0.4) is 0 Å². The highest BCUT2D eigenvalue weighted by atomic mass is 16.4. The summed E-state index contributed by atoms with van der Waals surface area (Å²) < 4.78 is 0. The molecule has 0 saturated carbocycles. The fourth-order valence-electron chi connectivity index (χ4n) is 10.7. The number of benzene rings is 8. The summed E-state index contributed by atoms with van der Waals surface area (Å²) in [5.74, 6) is 21.5. The van der Waals surface area contributed by atoms with Crippen molar-refractivity contribution in [2.45, 2.75) is 0 Å². The molecular weight excluding hydrogens is 1140 g/mol. The molecule has 12 heteroatoms. The van der Waals surface area contributed by atoms with E-state index in [9.17, 15) is 39.6 Å². The van der Waals surface area contributed by atoms with Crippen molar-refractivity contribution in [1.82, 2.24) is 19.9 Å². The van der Waals surface area contributed by atoms with E-state index in [-0.39, 0.29) is 22.3 Å². The SMILES string of the molecule is O=C(O)c1ccc(C#Cc2ccc(-c3c4nc(c(-c5ccc(C#Cc6ccc(C(=O)O)cc6)cc5)c5ccc([nH]5)c(-c5ccc(C#Cc6ccc(C(=O)O)cc6)cc5)c5nc(c(-c6ccc(C#Cc7ccc(C(=O)O)cc7)cc6)c6ccc3[nH]6)C=C5)C=C4)cc2)cc1. The number of hydrogen-bond donors (Lipinski definition) is 6. The minimum Gasteiger partial charge on any atom is -0.478 e. The molecule has 0 atom stereocenters. The normalized spacial score (nSPS) is 11.0. The molecule has 8 aromatic carbocycles. The highest BCUT2D eigenvalue weighted by Crippen LogP contribution is 2.39.